The minimum Gasteiger partial charge on any atom is -0.385 e. The normalized spacial score (nSPS) is 20.9. The van der Waals surface area contributed by atoms with Crippen molar-refractivity contribution < 1.29 is 19.2 Å². The second-order valence-electron chi connectivity index (χ2n) is 6.69. The van der Waals surface area contributed by atoms with Crippen LogP contribution in [0, 0.1) is 16.0 Å². The number of nitro benzene ring substituents is 1. The quantitative estimate of drug-likeness (QED) is 0.454. The van der Waals surface area contributed by atoms with Crippen molar-refractivity contribution >= 4 is 17.3 Å². The van der Waals surface area contributed by atoms with Crippen LogP contribution in [0.4, 0.5) is 11.4 Å². The molecule has 0 aromatic heterocycles. The number of anilines is 1. The standard InChI is InChI=1S/C18H25N3O5/c22-17(20-10-2-3-14(13-20)18-25-11-12-26-18)4-1-9-19-15-5-7-16(8-6-15)21(23)24/h5-8,14,18-19H,1-4,9-13H2. The van der Waals surface area contributed by atoms with Crippen molar-refractivity contribution in [3.05, 3.63) is 34.4 Å². The van der Waals surface area contributed by atoms with E-state index in [0.717, 1.165) is 25.1 Å². The number of carbonyl (C=O) groups is 1. The number of piperidine rings is 1. The molecule has 2 aliphatic heterocycles. The van der Waals surface area contributed by atoms with Gasteiger partial charge in [0.2, 0.25) is 5.91 Å². The Morgan fingerprint density at radius 1 is 1.27 bits per heavy atom. The predicted molar refractivity (Wildman–Crippen MR) is 95.8 cm³/mol. The molecule has 142 valence electrons. The van der Waals surface area contributed by atoms with Gasteiger partial charge >= 0.3 is 0 Å². The van der Waals surface area contributed by atoms with E-state index >= 15 is 0 Å². The average Bonchev–Trinajstić information content (AvgIpc) is 3.20. The first-order valence-corrected chi connectivity index (χ1v) is 9.13. The number of ether oxygens (including phenoxy) is 2. The zero-order chi connectivity index (χ0) is 18.4. The van der Waals surface area contributed by atoms with Crippen LogP contribution in [0.15, 0.2) is 24.3 Å². The van der Waals surface area contributed by atoms with E-state index in [1.807, 2.05) is 4.90 Å². The molecule has 2 aliphatic rings. The van der Waals surface area contributed by atoms with E-state index in [0.29, 0.717) is 39.1 Å². The van der Waals surface area contributed by atoms with Gasteiger partial charge in [0.25, 0.3) is 5.69 Å². The summed E-state index contributed by atoms with van der Waals surface area (Å²) in [7, 11) is 0. The second kappa shape index (κ2) is 8.95. The lowest BCUT2D eigenvalue weighted by Gasteiger charge is -2.34. The Hall–Kier alpha value is -2.19. The fourth-order valence-corrected chi connectivity index (χ4v) is 3.44. The lowest BCUT2D eigenvalue weighted by molar-refractivity contribution is -0.384. The molecule has 8 nitrogen and oxygen atoms in total. The number of non-ortho nitro benzene ring substituents is 1. The van der Waals surface area contributed by atoms with Crippen LogP contribution in [-0.4, -0.2) is 54.9 Å². The predicted octanol–water partition coefficient (Wildman–Crippen LogP) is 2.40. The monoisotopic (exact) mass is 363 g/mol. The maximum Gasteiger partial charge on any atom is 0.269 e. The zero-order valence-corrected chi connectivity index (χ0v) is 14.8. The van der Waals surface area contributed by atoms with Crippen molar-refractivity contribution in [1.82, 2.24) is 4.90 Å². The molecular weight excluding hydrogens is 338 g/mol. The van der Waals surface area contributed by atoms with E-state index in [9.17, 15) is 14.9 Å². The van der Waals surface area contributed by atoms with Gasteiger partial charge in [0, 0.05) is 49.8 Å². The molecule has 0 radical (unpaired) electrons. The Kier molecular flexibility index (Phi) is 6.40. The van der Waals surface area contributed by atoms with Crippen molar-refractivity contribution in [2.75, 3.05) is 38.2 Å². The number of likely N-dealkylation sites (tertiary alicyclic amines) is 1. The average molecular weight is 363 g/mol. The Morgan fingerprint density at radius 2 is 2.00 bits per heavy atom. The molecule has 1 aromatic carbocycles. The maximum atomic E-state index is 12.4. The first kappa shape index (κ1) is 18.6. The molecule has 0 spiro atoms. The molecule has 1 amide bonds. The van der Waals surface area contributed by atoms with Crippen LogP contribution < -0.4 is 5.32 Å². The van der Waals surface area contributed by atoms with Gasteiger partial charge in [-0.05, 0) is 31.4 Å². The maximum absolute atomic E-state index is 12.4. The third-order valence-corrected chi connectivity index (χ3v) is 4.82. The summed E-state index contributed by atoms with van der Waals surface area (Å²) < 4.78 is 11.2. The van der Waals surface area contributed by atoms with Crippen molar-refractivity contribution in [3.8, 4) is 0 Å². The summed E-state index contributed by atoms with van der Waals surface area (Å²) >= 11 is 0. The molecule has 0 saturated carbocycles. The Labute approximate surface area is 152 Å². The third-order valence-electron chi connectivity index (χ3n) is 4.82. The van der Waals surface area contributed by atoms with Gasteiger partial charge in [-0.2, -0.15) is 0 Å². The van der Waals surface area contributed by atoms with Crippen molar-refractivity contribution in [2.24, 2.45) is 5.92 Å². The van der Waals surface area contributed by atoms with Gasteiger partial charge in [-0.1, -0.05) is 0 Å². The van der Waals surface area contributed by atoms with Gasteiger partial charge in [-0.25, -0.2) is 0 Å². The highest BCUT2D eigenvalue weighted by Gasteiger charge is 2.32. The number of nitro groups is 1. The SMILES string of the molecule is O=C(CCCNc1ccc([N+](=O)[O-])cc1)N1CCCC(C2OCCO2)C1. The van der Waals surface area contributed by atoms with Gasteiger partial charge in [-0.3, -0.25) is 14.9 Å². The van der Waals surface area contributed by atoms with Crippen LogP contribution >= 0.6 is 0 Å². The molecule has 2 heterocycles. The number of rotatable bonds is 7. The highest BCUT2D eigenvalue weighted by molar-refractivity contribution is 5.76. The molecule has 2 saturated heterocycles. The fourth-order valence-electron chi connectivity index (χ4n) is 3.44. The van der Waals surface area contributed by atoms with E-state index in [4.69, 9.17) is 9.47 Å². The molecule has 1 atom stereocenters. The number of hydrogen-bond acceptors (Lipinski definition) is 6. The minimum absolute atomic E-state index is 0.0700. The van der Waals surface area contributed by atoms with E-state index in [2.05, 4.69) is 5.32 Å². The van der Waals surface area contributed by atoms with Crippen molar-refractivity contribution in [2.45, 2.75) is 32.0 Å². The first-order valence-electron chi connectivity index (χ1n) is 9.13. The molecule has 26 heavy (non-hydrogen) atoms. The summed E-state index contributed by atoms with van der Waals surface area (Å²) in [5.74, 6) is 0.437. The summed E-state index contributed by atoms with van der Waals surface area (Å²) in [6.07, 6.45) is 3.07. The largest absolute Gasteiger partial charge is 0.385 e. The van der Waals surface area contributed by atoms with Crippen molar-refractivity contribution in [1.29, 1.82) is 0 Å². The van der Waals surface area contributed by atoms with Crippen molar-refractivity contribution in [3.63, 3.8) is 0 Å². The molecule has 3 rings (SSSR count). The molecule has 1 N–H and O–H groups in total. The molecule has 0 bridgehead atoms. The summed E-state index contributed by atoms with van der Waals surface area (Å²) in [5.41, 5.74) is 0.886. The summed E-state index contributed by atoms with van der Waals surface area (Å²) in [6, 6.07) is 6.29. The molecule has 8 heteroatoms. The number of benzene rings is 1. The highest BCUT2D eigenvalue weighted by atomic mass is 16.7. The minimum atomic E-state index is -0.421. The number of amides is 1. The van der Waals surface area contributed by atoms with E-state index < -0.39 is 4.92 Å². The summed E-state index contributed by atoms with van der Waals surface area (Å²) in [5, 5.41) is 13.8. The molecular formula is C18H25N3O5. The van der Waals surface area contributed by atoms with Gasteiger partial charge in [0.05, 0.1) is 18.1 Å². The highest BCUT2D eigenvalue weighted by Crippen LogP contribution is 2.25. The third kappa shape index (κ3) is 4.92. The van der Waals surface area contributed by atoms with Gasteiger partial charge in [0.15, 0.2) is 6.29 Å². The molecule has 0 aliphatic carbocycles. The Bertz CT molecular complexity index is 616. The van der Waals surface area contributed by atoms with Gasteiger partial charge in [0.1, 0.15) is 0 Å². The Balaban J connectivity index is 1.37. The van der Waals surface area contributed by atoms with Crippen LogP contribution in [0.3, 0.4) is 0 Å². The molecule has 1 aromatic rings. The zero-order valence-electron chi connectivity index (χ0n) is 14.8. The number of carbonyl (C=O) groups excluding carboxylic acids is 1. The van der Waals surface area contributed by atoms with E-state index in [1.54, 1.807) is 12.1 Å². The lowest BCUT2D eigenvalue weighted by Crippen LogP contribution is -2.43. The van der Waals surface area contributed by atoms with Gasteiger partial charge in [-0.15, -0.1) is 0 Å². The van der Waals surface area contributed by atoms with E-state index in [-0.39, 0.29) is 23.8 Å². The van der Waals surface area contributed by atoms with E-state index in [1.165, 1.54) is 12.1 Å². The van der Waals surface area contributed by atoms with Crippen LogP contribution in [-0.2, 0) is 14.3 Å². The summed E-state index contributed by atoms with van der Waals surface area (Å²) in [4.78, 5) is 24.6. The number of nitrogens with one attached hydrogen (secondary N) is 1. The first-order chi connectivity index (χ1) is 12.6. The lowest BCUT2D eigenvalue weighted by atomic mass is 9.97. The molecule has 1 unspecified atom stereocenters. The van der Waals surface area contributed by atoms with Gasteiger partial charge < -0.3 is 19.7 Å². The summed E-state index contributed by atoms with van der Waals surface area (Å²) in [6.45, 7) is 3.44. The second-order valence-corrected chi connectivity index (χ2v) is 6.69. The Morgan fingerprint density at radius 3 is 2.69 bits per heavy atom. The van der Waals surface area contributed by atoms with Crippen LogP contribution in [0.2, 0.25) is 0 Å². The van der Waals surface area contributed by atoms with Crippen LogP contribution in [0.1, 0.15) is 25.7 Å². The number of hydrogen-bond donors (Lipinski definition) is 1. The number of nitrogens with zero attached hydrogens (tertiary/aromatic N) is 2. The fraction of sp³-hybridized carbons (Fsp3) is 0.611. The molecule has 2 fully saturated rings. The smallest absolute Gasteiger partial charge is 0.269 e. The van der Waals surface area contributed by atoms with Crippen LogP contribution in [0.25, 0.3) is 0 Å². The van der Waals surface area contributed by atoms with Crippen LogP contribution in [0.5, 0.6) is 0 Å². The topological polar surface area (TPSA) is 93.9 Å².